The molecule has 0 aromatic heterocycles. The molecule has 5 nitrogen and oxygen atoms in total. The minimum Gasteiger partial charge on any atom is -0.374 e. The summed E-state index contributed by atoms with van der Waals surface area (Å²) in [7, 11) is -3.45. The van der Waals surface area contributed by atoms with E-state index in [2.05, 4.69) is 10.0 Å². The molecule has 1 aliphatic heterocycles. The van der Waals surface area contributed by atoms with Crippen molar-refractivity contribution in [3.8, 4) is 0 Å². The van der Waals surface area contributed by atoms with Gasteiger partial charge >= 0.3 is 0 Å². The van der Waals surface area contributed by atoms with Crippen molar-refractivity contribution >= 4 is 10.0 Å². The lowest BCUT2D eigenvalue weighted by Crippen LogP contribution is -2.45. The molecule has 0 amide bonds. The first kappa shape index (κ1) is 13.5. The second kappa shape index (κ2) is 5.79. The van der Waals surface area contributed by atoms with E-state index < -0.39 is 10.0 Å². The summed E-state index contributed by atoms with van der Waals surface area (Å²) in [5.41, 5.74) is 0.743. The first-order chi connectivity index (χ1) is 8.59. The maximum Gasteiger partial charge on any atom is 0.240 e. The van der Waals surface area contributed by atoms with E-state index in [1.165, 1.54) is 0 Å². The third-order valence-corrected chi connectivity index (χ3v) is 4.47. The average Bonchev–Trinajstić information content (AvgIpc) is 2.38. The molecule has 1 aliphatic rings. The molecule has 0 saturated carbocycles. The summed E-state index contributed by atoms with van der Waals surface area (Å²) in [6.45, 7) is 4.20. The van der Waals surface area contributed by atoms with Crippen LogP contribution in [0.25, 0.3) is 0 Å². The highest BCUT2D eigenvalue weighted by Crippen LogP contribution is 2.13. The normalized spacial score (nSPS) is 20.8. The first-order valence-electron chi connectivity index (χ1n) is 5.97. The van der Waals surface area contributed by atoms with Gasteiger partial charge in [0.25, 0.3) is 0 Å². The molecule has 2 rings (SSSR count). The second-order valence-corrected chi connectivity index (χ2v) is 6.05. The van der Waals surface area contributed by atoms with Gasteiger partial charge in [-0.25, -0.2) is 13.1 Å². The molecule has 1 saturated heterocycles. The number of aryl methyl sites for hydroxylation is 1. The summed E-state index contributed by atoms with van der Waals surface area (Å²) in [6, 6.07) is 6.94. The molecule has 100 valence electrons. The topological polar surface area (TPSA) is 67.4 Å². The van der Waals surface area contributed by atoms with Gasteiger partial charge in [-0.1, -0.05) is 18.2 Å². The molecule has 0 aliphatic carbocycles. The van der Waals surface area contributed by atoms with E-state index in [4.69, 9.17) is 4.74 Å². The van der Waals surface area contributed by atoms with Crippen LogP contribution in [0.2, 0.25) is 0 Å². The van der Waals surface area contributed by atoms with Crippen molar-refractivity contribution in [2.75, 3.05) is 26.2 Å². The van der Waals surface area contributed by atoms with Crippen molar-refractivity contribution in [2.45, 2.75) is 17.9 Å². The monoisotopic (exact) mass is 270 g/mol. The molecule has 1 heterocycles. The predicted molar refractivity (Wildman–Crippen MR) is 69.0 cm³/mol. The van der Waals surface area contributed by atoms with Gasteiger partial charge in [-0.3, -0.25) is 0 Å². The predicted octanol–water partition coefficient (Wildman–Crippen LogP) is 0.262. The number of morpholine rings is 1. The lowest BCUT2D eigenvalue weighted by Gasteiger charge is -2.23. The molecule has 1 aromatic carbocycles. The Balaban J connectivity index is 2.01. The molecule has 1 fully saturated rings. The van der Waals surface area contributed by atoms with Gasteiger partial charge in [0, 0.05) is 19.6 Å². The second-order valence-electron chi connectivity index (χ2n) is 4.31. The number of ether oxygens (including phenoxy) is 1. The summed E-state index contributed by atoms with van der Waals surface area (Å²) in [6.07, 6.45) is -0.0995. The van der Waals surface area contributed by atoms with Crippen LogP contribution in [-0.2, 0) is 14.8 Å². The van der Waals surface area contributed by atoms with Gasteiger partial charge in [0.1, 0.15) is 0 Å². The lowest BCUT2D eigenvalue weighted by atomic mass is 10.2. The van der Waals surface area contributed by atoms with E-state index in [9.17, 15) is 8.42 Å². The van der Waals surface area contributed by atoms with E-state index in [0.29, 0.717) is 24.6 Å². The smallest absolute Gasteiger partial charge is 0.240 e. The van der Waals surface area contributed by atoms with Crippen LogP contribution in [0.5, 0.6) is 0 Å². The number of rotatable bonds is 4. The molecule has 6 heteroatoms. The van der Waals surface area contributed by atoms with Crippen molar-refractivity contribution in [3.05, 3.63) is 29.8 Å². The molecular formula is C12H18N2O3S. The molecule has 1 unspecified atom stereocenters. The Morgan fingerprint density at radius 2 is 2.22 bits per heavy atom. The summed E-state index contributed by atoms with van der Waals surface area (Å²) in [5, 5.41) is 3.16. The summed E-state index contributed by atoms with van der Waals surface area (Å²) >= 11 is 0. The van der Waals surface area contributed by atoms with Crippen LogP contribution in [0.3, 0.4) is 0 Å². The fourth-order valence-corrected chi connectivity index (χ4v) is 3.20. The molecule has 1 aromatic rings. The Kier molecular flexibility index (Phi) is 4.34. The minimum absolute atomic E-state index is 0.0995. The Morgan fingerprint density at radius 3 is 2.89 bits per heavy atom. The van der Waals surface area contributed by atoms with Crippen molar-refractivity contribution < 1.29 is 13.2 Å². The first-order valence-corrected chi connectivity index (χ1v) is 7.45. The van der Waals surface area contributed by atoms with Crippen LogP contribution >= 0.6 is 0 Å². The Hall–Kier alpha value is -0.950. The van der Waals surface area contributed by atoms with E-state index in [0.717, 1.165) is 12.1 Å². The van der Waals surface area contributed by atoms with Crippen molar-refractivity contribution in [1.29, 1.82) is 0 Å². The molecule has 2 N–H and O–H groups in total. The van der Waals surface area contributed by atoms with Gasteiger partial charge in [-0.05, 0) is 18.6 Å². The van der Waals surface area contributed by atoms with E-state index in [1.54, 1.807) is 25.1 Å². The van der Waals surface area contributed by atoms with Gasteiger partial charge in [0.15, 0.2) is 0 Å². The molecule has 0 radical (unpaired) electrons. The number of benzene rings is 1. The van der Waals surface area contributed by atoms with Crippen LogP contribution in [0, 0.1) is 6.92 Å². The van der Waals surface area contributed by atoms with Gasteiger partial charge < -0.3 is 10.1 Å². The van der Waals surface area contributed by atoms with Crippen LogP contribution < -0.4 is 10.0 Å². The van der Waals surface area contributed by atoms with Crippen molar-refractivity contribution in [2.24, 2.45) is 0 Å². The van der Waals surface area contributed by atoms with E-state index in [1.807, 2.05) is 6.07 Å². The van der Waals surface area contributed by atoms with Crippen LogP contribution in [0.15, 0.2) is 29.2 Å². The minimum atomic E-state index is -3.45. The van der Waals surface area contributed by atoms with Gasteiger partial charge in [0.05, 0.1) is 17.6 Å². The fraction of sp³-hybridized carbons (Fsp3) is 0.500. The van der Waals surface area contributed by atoms with Crippen LogP contribution in [0.4, 0.5) is 0 Å². The standard InChI is InChI=1S/C12H18N2O3S/c1-10-4-2-3-5-12(10)18(15,16)14-9-11-8-13-6-7-17-11/h2-5,11,13-14H,6-9H2,1H3. The Labute approximate surface area is 108 Å². The molecule has 1 atom stereocenters. The third-order valence-electron chi connectivity index (χ3n) is 2.89. The van der Waals surface area contributed by atoms with Crippen LogP contribution in [-0.4, -0.2) is 40.8 Å². The zero-order valence-corrected chi connectivity index (χ0v) is 11.2. The zero-order valence-electron chi connectivity index (χ0n) is 10.3. The van der Waals surface area contributed by atoms with E-state index >= 15 is 0 Å². The molecular weight excluding hydrogens is 252 g/mol. The molecule has 0 bridgehead atoms. The highest BCUT2D eigenvalue weighted by molar-refractivity contribution is 7.89. The number of nitrogens with one attached hydrogen (secondary N) is 2. The zero-order chi connectivity index (χ0) is 13.0. The third kappa shape index (κ3) is 3.29. The molecule has 0 spiro atoms. The molecule has 18 heavy (non-hydrogen) atoms. The van der Waals surface area contributed by atoms with Crippen molar-refractivity contribution in [3.63, 3.8) is 0 Å². The number of hydrogen-bond donors (Lipinski definition) is 2. The van der Waals surface area contributed by atoms with Gasteiger partial charge in [-0.15, -0.1) is 0 Å². The summed E-state index contributed by atoms with van der Waals surface area (Å²) < 4.78 is 32.3. The van der Waals surface area contributed by atoms with Crippen LogP contribution in [0.1, 0.15) is 5.56 Å². The SMILES string of the molecule is Cc1ccccc1S(=O)(=O)NCC1CNCCO1. The van der Waals surface area contributed by atoms with Crippen molar-refractivity contribution in [1.82, 2.24) is 10.0 Å². The lowest BCUT2D eigenvalue weighted by molar-refractivity contribution is 0.0324. The van der Waals surface area contributed by atoms with E-state index in [-0.39, 0.29) is 6.10 Å². The quantitative estimate of drug-likeness (QED) is 0.823. The highest BCUT2D eigenvalue weighted by atomic mass is 32.2. The Morgan fingerprint density at radius 1 is 1.44 bits per heavy atom. The number of hydrogen-bond acceptors (Lipinski definition) is 4. The fourth-order valence-electron chi connectivity index (χ4n) is 1.89. The maximum absolute atomic E-state index is 12.1. The summed E-state index contributed by atoms with van der Waals surface area (Å²) in [5.74, 6) is 0. The largest absolute Gasteiger partial charge is 0.374 e. The average molecular weight is 270 g/mol. The maximum atomic E-state index is 12.1. The van der Waals surface area contributed by atoms with Gasteiger partial charge in [-0.2, -0.15) is 0 Å². The number of sulfonamides is 1. The summed E-state index contributed by atoms with van der Waals surface area (Å²) in [4.78, 5) is 0.328. The highest BCUT2D eigenvalue weighted by Gasteiger charge is 2.20. The van der Waals surface area contributed by atoms with Gasteiger partial charge in [0.2, 0.25) is 10.0 Å². The Bertz CT molecular complexity index is 496.